The van der Waals surface area contributed by atoms with E-state index in [4.69, 9.17) is 14.2 Å². The van der Waals surface area contributed by atoms with Crippen LogP contribution in [0.15, 0.2) is 0 Å². The van der Waals surface area contributed by atoms with Gasteiger partial charge in [-0.05, 0) is 6.42 Å². The van der Waals surface area contributed by atoms with Crippen LogP contribution in [0.2, 0.25) is 0 Å². The first-order valence-electron chi connectivity index (χ1n) is 15.3. The molecule has 1 unspecified atom stereocenters. The highest BCUT2D eigenvalue weighted by Gasteiger charge is 2.18. The van der Waals surface area contributed by atoms with Gasteiger partial charge >= 0.3 is 12.2 Å². The number of carbonyl (C=O) groups excluding carboxylic acids is 2. The Kier molecular flexibility index (Phi) is 28.3. The molecule has 0 aromatic heterocycles. The van der Waals surface area contributed by atoms with Crippen LogP contribution in [-0.4, -0.2) is 95.8 Å². The third-order valence-corrected chi connectivity index (χ3v) is 6.84. The van der Waals surface area contributed by atoms with Crippen LogP contribution in [0.25, 0.3) is 0 Å². The number of carbonyl (C=O) groups is 2. The summed E-state index contributed by atoms with van der Waals surface area (Å²) in [5, 5.41) is 2.79. The molecule has 0 saturated heterocycles. The maximum Gasteiger partial charge on any atom is 0.409 e. The van der Waals surface area contributed by atoms with Gasteiger partial charge in [0.2, 0.25) is 0 Å². The predicted octanol–water partition coefficient (Wildman–Crippen LogP) is 3.77. The van der Waals surface area contributed by atoms with E-state index in [1.165, 1.54) is 97.0 Å². The Hall–Kier alpha value is -0.810. The van der Waals surface area contributed by atoms with E-state index in [0.29, 0.717) is 13.1 Å². The van der Waals surface area contributed by atoms with Crippen molar-refractivity contribution in [3.8, 4) is 0 Å². The summed E-state index contributed by atoms with van der Waals surface area (Å²) in [6, 6.07) is 0. The number of rotatable bonds is 25. The van der Waals surface area contributed by atoms with Gasteiger partial charge in [0.05, 0.1) is 34.2 Å². The van der Waals surface area contributed by atoms with E-state index < -0.39 is 18.3 Å². The van der Waals surface area contributed by atoms with Crippen molar-refractivity contribution in [3.63, 3.8) is 0 Å². The molecule has 1 atom stereocenters. The number of methoxy groups -OCH3 is 1. The van der Waals surface area contributed by atoms with Crippen LogP contribution in [0.4, 0.5) is 9.59 Å². The van der Waals surface area contributed by atoms with E-state index in [1.54, 1.807) is 11.9 Å². The van der Waals surface area contributed by atoms with Crippen LogP contribution in [0, 0.1) is 0 Å². The first kappa shape index (κ1) is 40.3. The molecule has 0 aromatic carbocycles. The van der Waals surface area contributed by atoms with E-state index in [1.807, 2.05) is 0 Å². The van der Waals surface area contributed by atoms with Gasteiger partial charge in [0.15, 0.2) is 0 Å². The first-order chi connectivity index (χ1) is 18.2. The van der Waals surface area contributed by atoms with E-state index in [0.717, 1.165) is 23.9 Å². The van der Waals surface area contributed by atoms with Crippen LogP contribution in [-0.2, 0) is 14.2 Å². The fourth-order valence-electron chi connectivity index (χ4n) is 4.08. The normalized spacial score (nSPS) is 11.9. The van der Waals surface area contributed by atoms with Gasteiger partial charge in [-0.25, -0.2) is 9.59 Å². The predicted molar refractivity (Wildman–Crippen MR) is 157 cm³/mol. The summed E-state index contributed by atoms with van der Waals surface area (Å²) in [6.45, 7) is 4.38. The third kappa shape index (κ3) is 28.5. The summed E-state index contributed by atoms with van der Waals surface area (Å²) < 4.78 is 16.6. The van der Waals surface area contributed by atoms with Crippen molar-refractivity contribution in [2.75, 3.05) is 68.1 Å². The molecule has 2 amide bonds. The minimum Gasteiger partial charge on any atom is -1.00 e. The molecular formula is C30H62IN3O5. The molecule has 0 fully saturated rings. The van der Waals surface area contributed by atoms with Crippen molar-refractivity contribution in [1.82, 2.24) is 10.2 Å². The van der Waals surface area contributed by atoms with Crippen molar-refractivity contribution < 1.29 is 52.3 Å². The summed E-state index contributed by atoms with van der Waals surface area (Å²) in [4.78, 5) is 25.6. The van der Waals surface area contributed by atoms with Gasteiger partial charge in [0, 0.05) is 20.7 Å². The molecular weight excluding hydrogens is 609 g/mol. The highest BCUT2D eigenvalue weighted by molar-refractivity contribution is 5.67. The number of hydrogen-bond acceptors (Lipinski definition) is 5. The number of unbranched alkanes of at least 4 members (excludes halogenated alkanes) is 15. The summed E-state index contributed by atoms with van der Waals surface area (Å²) in [5.74, 6) is 0. The molecule has 9 heteroatoms. The number of nitrogens with zero attached hydrogens (tertiary/aromatic N) is 2. The molecule has 1 N–H and O–H groups in total. The van der Waals surface area contributed by atoms with Crippen molar-refractivity contribution in [3.05, 3.63) is 0 Å². The summed E-state index contributed by atoms with van der Waals surface area (Å²) >= 11 is 0. The summed E-state index contributed by atoms with van der Waals surface area (Å²) in [6.07, 6.45) is 19.9. The Morgan fingerprint density at radius 1 is 0.744 bits per heavy atom. The lowest BCUT2D eigenvalue weighted by Crippen LogP contribution is -3.00. The lowest BCUT2D eigenvalue weighted by molar-refractivity contribution is -0.869. The Balaban J connectivity index is 0. The third-order valence-electron chi connectivity index (χ3n) is 6.84. The average molecular weight is 672 g/mol. The highest BCUT2D eigenvalue weighted by Crippen LogP contribution is 2.13. The Morgan fingerprint density at radius 2 is 1.18 bits per heavy atom. The second-order valence-corrected chi connectivity index (χ2v) is 11.7. The van der Waals surface area contributed by atoms with Crippen LogP contribution in [0.1, 0.15) is 110 Å². The van der Waals surface area contributed by atoms with Crippen LogP contribution in [0.5, 0.6) is 0 Å². The number of nitrogens with one attached hydrogen (secondary N) is 1. The molecule has 0 bridgehead atoms. The number of halogens is 1. The smallest absolute Gasteiger partial charge is 0.409 e. The minimum absolute atomic E-state index is 0. The Morgan fingerprint density at radius 3 is 1.62 bits per heavy atom. The lowest BCUT2D eigenvalue weighted by Gasteiger charge is -2.27. The first-order valence-corrected chi connectivity index (χ1v) is 15.3. The van der Waals surface area contributed by atoms with Crippen molar-refractivity contribution in [2.45, 2.75) is 116 Å². The average Bonchev–Trinajstić information content (AvgIpc) is 2.88. The second kappa shape index (κ2) is 27.4. The molecule has 0 rings (SSSR count). The van der Waals surface area contributed by atoms with Gasteiger partial charge in [0.1, 0.15) is 19.3 Å². The molecule has 0 heterocycles. The molecule has 8 nitrogen and oxygen atoms in total. The van der Waals surface area contributed by atoms with Crippen molar-refractivity contribution in [2.24, 2.45) is 0 Å². The second-order valence-electron chi connectivity index (χ2n) is 11.7. The van der Waals surface area contributed by atoms with Gasteiger partial charge in [0.25, 0.3) is 0 Å². The molecule has 0 radical (unpaired) electrons. The fourth-order valence-corrected chi connectivity index (χ4v) is 4.08. The standard InChI is InChI=1S/C30H61N3O5.HI/c1-7-8-9-10-11-12-13-14-15-16-17-18-19-20-21-22-23-31-29(34)37-26-28(36-6)27-38-30(35)32(2)24-25-33(3,4)5;/h28H,7-27H2,1-6H3;1H. The minimum atomic E-state index is -0.493. The number of ether oxygens (including phenoxy) is 3. The van der Waals surface area contributed by atoms with Gasteiger partial charge in [-0.2, -0.15) is 0 Å². The largest absolute Gasteiger partial charge is 1.00 e. The molecule has 0 aromatic rings. The van der Waals surface area contributed by atoms with Crippen LogP contribution in [0.3, 0.4) is 0 Å². The molecule has 0 aliphatic carbocycles. The van der Waals surface area contributed by atoms with Gasteiger partial charge in [-0.15, -0.1) is 0 Å². The zero-order valence-electron chi connectivity index (χ0n) is 26.2. The molecule has 234 valence electrons. The van der Waals surface area contributed by atoms with Crippen LogP contribution < -0.4 is 29.3 Å². The van der Waals surface area contributed by atoms with Crippen LogP contribution >= 0.6 is 0 Å². The molecule has 0 spiro atoms. The summed E-state index contributed by atoms with van der Waals surface area (Å²) in [5.41, 5.74) is 0. The fraction of sp³-hybridized carbons (Fsp3) is 0.933. The quantitative estimate of drug-likeness (QED) is 0.0910. The molecule has 0 aliphatic heterocycles. The van der Waals surface area contributed by atoms with Gasteiger partial charge < -0.3 is 52.9 Å². The SMILES string of the molecule is CCCCCCCCCCCCCCCCCCNC(=O)OCC(COC(=O)N(C)CC[N+](C)(C)C)OC.[I-]. The van der Waals surface area contributed by atoms with E-state index >= 15 is 0 Å². The number of quaternary nitrogens is 1. The van der Waals surface area contributed by atoms with E-state index in [2.05, 4.69) is 33.4 Å². The van der Waals surface area contributed by atoms with Crippen molar-refractivity contribution >= 4 is 12.2 Å². The molecule has 0 aliphatic rings. The van der Waals surface area contributed by atoms with E-state index in [9.17, 15) is 9.59 Å². The number of likely N-dealkylation sites (N-methyl/N-ethyl adjacent to an activating group) is 2. The summed E-state index contributed by atoms with van der Waals surface area (Å²) in [7, 11) is 9.44. The highest BCUT2D eigenvalue weighted by atomic mass is 127. The zero-order chi connectivity index (χ0) is 28.5. The Labute approximate surface area is 257 Å². The van der Waals surface area contributed by atoms with Gasteiger partial charge in [-0.1, -0.05) is 103 Å². The Bertz CT molecular complexity index is 575. The number of hydrogen-bond donors (Lipinski definition) is 1. The lowest BCUT2D eigenvalue weighted by atomic mass is 10.0. The van der Waals surface area contributed by atoms with Gasteiger partial charge in [-0.3, -0.25) is 0 Å². The maximum atomic E-state index is 12.1. The zero-order valence-corrected chi connectivity index (χ0v) is 28.4. The topological polar surface area (TPSA) is 77.1 Å². The molecule has 39 heavy (non-hydrogen) atoms. The van der Waals surface area contributed by atoms with Crippen molar-refractivity contribution in [1.29, 1.82) is 0 Å². The monoisotopic (exact) mass is 671 g/mol. The molecule has 0 saturated carbocycles. The maximum absolute atomic E-state index is 12.1. The number of amides is 2. The number of alkyl carbamates (subject to hydrolysis) is 1. The van der Waals surface area contributed by atoms with E-state index in [-0.39, 0.29) is 37.2 Å².